The van der Waals surface area contributed by atoms with E-state index < -0.39 is 5.60 Å². The minimum atomic E-state index is -0.805. The molecule has 1 aliphatic rings. The number of nitrogen functional groups attached to an aromatic ring is 1. The molecule has 3 N–H and O–H groups in total. The number of hydrogen-bond acceptors (Lipinski definition) is 3. The van der Waals surface area contributed by atoms with Crippen LogP contribution in [0, 0.1) is 18.8 Å². The highest BCUT2D eigenvalue weighted by molar-refractivity contribution is 5.48. The van der Waals surface area contributed by atoms with Crippen molar-refractivity contribution in [3.05, 3.63) is 23.4 Å². The van der Waals surface area contributed by atoms with Gasteiger partial charge in [-0.1, -0.05) is 20.3 Å². The number of nitrogens with zero attached hydrogens (tertiary/aromatic N) is 1. The summed E-state index contributed by atoms with van der Waals surface area (Å²) in [6.45, 7) is 6.30. The van der Waals surface area contributed by atoms with Crippen LogP contribution in [0.4, 0.5) is 5.82 Å². The summed E-state index contributed by atoms with van der Waals surface area (Å²) < 4.78 is 0. The first-order valence-corrected chi connectivity index (χ1v) is 6.39. The van der Waals surface area contributed by atoms with Crippen LogP contribution in [0.25, 0.3) is 0 Å². The number of rotatable bonds is 1. The van der Waals surface area contributed by atoms with E-state index in [-0.39, 0.29) is 5.92 Å². The standard InChI is InChI=1S/C14H22N2O/c1-9-4-5-11(3)14(17,8-9)12-10(2)6-7-16-13(12)15/h6-7,9,11,17H,4-5,8H2,1-3H3,(H2,15,16). The second-order valence-electron chi connectivity index (χ2n) is 5.60. The summed E-state index contributed by atoms with van der Waals surface area (Å²) in [7, 11) is 0. The lowest BCUT2D eigenvalue weighted by Crippen LogP contribution is -2.40. The molecule has 0 aromatic carbocycles. The van der Waals surface area contributed by atoms with Crippen molar-refractivity contribution in [1.82, 2.24) is 4.98 Å². The Bertz CT molecular complexity index is 398. The maximum Gasteiger partial charge on any atom is 0.129 e. The normalized spacial score (nSPS) is 33.6. The van der Waals surface area contributed by atoms with Crippen molar-refractivity contribution < 1.29 is 5.11 Å². The van der Waals surface area contributed by atoms with Crippen LogP contribution in [0.1, 0.15) is 44.2 Å². The Hall–Kier alpha value is -1.09. The van der Waals surface area contributed by atoms with Gasteiger partial charge in [0.1, 0.15) is 5.82 Å². The van der Waals surface area contributed by atoms with Crippen LogP contribution in [0.5, 0.6) is 0 Å². The maximum absolute atomic E-state index is 11.0. The third-order valence-electron chi connectivity index (χ3n) is 4.19. The van der Waals surface area contributed by atoms with Gasteiger partial charge in [0.15, 0.2) is 0 Å². The Kier molecular flexibility index (Phi) is 3.13. The van der Waals surface area contributed by atoms with Crippen molar-refractivity contribution in [2.24, 2.45) is 11.8 Å². The van der Waals surface area contributed by atoms with Crippen molar-refractivity contribution in [2.75, 3.05) is 5.73 Å². The average molecular weight is 234 g/mol. The first-order valence-electron chi connectivity index (χ1n) is 6.39. The van der Waals surface area contributed by atoms with Gasteiger partial charge < -0.3 is 10.8 Å². The number of aliphatic hydroxyl groups is 1. The fourth-order valence-corrected chi connectivity index (χ4v) is 3.10. The fraction of sp³-hybridized carbons (Fsp3) is 0.643. The molecule has 3 unspecified atom stereocenters. The van der Waals surface area contributed by atoms with Gasteiger partial charge in [0.2, 0.25) is 0 Å². The van der Waals surface area contributed by atoms with E-state index in [1.807, 2.05) is 13.0 Å². The van der Waals surface area contributed by atoms with Gasteiger partial charge in [-0.3, -0.25) is 0 Å². The van der Waals surface area contributed by atoms with Crippen LogP contribution in [0.3, 0.4) is 0 Å². The lowest BCUT2D eigenvalue weighted by molar-refractivity contribution is -0.0627. The zero-order valence-electron chi connectivity index (χ0n) is 10.9. The highest BCUT2D eigenvalue weighted by Gasteiger charge is 2.42. The summed E-state index contributed by atoms with van der Waals surface area (Å²) in [5, 5.41) is 11.0. The predicted octanol–water partition coefficient (Wildman–Crippen LogP) is 2.62. The van der Waals surface area contributed by atoms with E-state index in [9.17, 15) is 5.11 Å². The molecule has 0 bridgehead atoms. The van der Waals surface area contributed by atoms with Crippen LogP contribution in [-0.4, -0.2) is 10.1 Å². The highest BCUT2D eigenvalue weighted by Crippen LogP contribution is 2.46. The topological polar surface area (TPSA) is 59.1 Å². The van der Waals surface area contributed by atoms with E-state index >= 15 is 0 Å². The van der Waals surface area contributed by atoms with Crippen LogP contribution in [-0.2, 0) is 5.60 Å². The van der Waals surface area contributed by atoms with Crippen molar-refractivity contribution >= 4 is 5.82 Å². The lowest BCUT2D eigenvalue weighted by Gasteiger charge is -2.42. The zero-order chi connectivity index (χ0) is 12.6. The van der Waals surface area contributed by atoms with Crippen LogP contribution >= 0.6 is 0 Å². The SMILES string of the molecule is Cc1ccnc(N)c1C1(O)CC(C)CCC1C. The third kappa shape index (κ3) is 2.04. The summed E-state index contributed by atoms with van der Waals surface area (Å²) in [5.41, 5.74) is 7.06. The fourth-order valence-electron chi connectivity index (χ4n) is 3.10. The van der Waals surface area contributed by atoms with Gasteiger partial charge >= 0.3 is 0 Å². The molecule has 0 radical (unpaired) electrons. The minimum absolute atomic E-state index is 0.240. The summed E-state index contributed by atoms with van der Waals surface area (Å²) in [6, 6.07) is 1.93. The number of aryl methyl sites for hydroxylation is 1. The molecule has 94 valence electrons. The highest BCUT2D eigenvalue weighted by atomic mass is 16.3. The van der Waals surface area contributed by atoms with E-state index in [2.05, 4.69) is 18.8 Å². The minimum Gasteiger partial charge on any atom is -0.385 e. The second kappa shape index (κ2) is 4.30. The van der Waals surface area contributed by atoms with Gasteiger partial charge in [-0.2, -0.15) is 0 Å². The molecule has 0 saturated heterocycles. The number of pyridine rings is 1. The third-order valence-corrected chi connectivity index (χ3v) is 4.19. The van der Waals surface area contributed by atoms with E-state index in [0.29, 0.717) is 11.7 Å². The molecule has 1 aliphatic carbocycles. The van der Waals surface area contributed by atoms with E-state index in [1.165, 1.54) is 6.42 Å². The Morgan fingerprint density at radius 3 is 2.76 bits per heavy atom. The first kappa shape index (κ1) is 12.4. The van der Waals surface area contributed by atoms with Crippen LogP contribution in [0.15, 0.2) is 12.3 Å². The van der Waals surface area contributed by atoms with Gasteiger partial charge in [0.25, 0.3) is 0 Å². The number of nitrogens with two attached hydrogens (primary N) is 1. The molecule has 1 saturated carbocycles. The molecule has 0 aliphatic heterocycles. The van der Waals surface area contributed by atoms with Crippen molar-refractivity contribution in [3.8, 4) is 0 Å². The molecule has 1 fully saturated rings. The summed E-state index contributed by atoms with van der Waals surface area (Å²) in [5.74, 6) is 1.26. The predicted molar refractivity (Wildman–Crippen MR) is 69.5 cm³/mol. The molecule has 2 rings (SSSR count). The monoisotopic (exact) mass is 234 g/mol. The molecule has 3 atom stereocenters. The second-order valence-corrected chi connectivity index (χ2v) is 5.60. The van der Waals surface area contributed by atoms with Gasteiger partial charge in [-0.25, -0.2) is 4.98 Å². The average Bonchev–Trinajstić information content (AvgIpc) is 2.23. The summed E-state index contributed by atoms with van der Waals surface area (Å²) in [4.78, 5) is 4.14. The Morgan fingerprint density at radius 2 is 2.12 bits per heavy atom. The molecule has 0 amide bonds. The van der Waals surface area contributed by atoms with Gasteiger partial charge in [0.05, 0.1) is 5.60 Å². The Balaban J connectivity index is 2.49. The molecule has 1 heterocycles. The lowest BCUT2D eigenvalue weighted by atomic mass is 9.68. The Labute approximate surface area is 103 Å². The van der Waals surface area contributed by atoms with Gasteiger partial charge in [-0.15, -0.1) is 0 Å². The van der Waals surface area contributed by atoms with Gasteiger partial charge in [0, 0.05) is 11.8 Å². The van der Waals surface area contributed by atoms with Gasteiger partial charge in [-0.05, 0) is 43.2 Å². The number of aromatic nitrogens is 1. The van der Waals surface area contributed by atoms with E-state index in [0.717, 1.165) is 24.0 Å². The molecule has 1 aromatic rings. The molecule has 0 spiro atoms. The van der Waals surface area contributed by atoms with Crippen molar-refractivity contribution in [1.29, 1.82) is 0 Å². The summed E-state index contributed by atoms with van der Waals surface area (Å²) in [6.07, 6.45) is 4.72. The Morgan fingerprint density at radius 1 is 1.41 bits per heavy atom. The molecule has 17 heavy (non-hydrogen) atoms. The first-order chi connectivity index (χ1) is 7.95. The van der Waals surface area contributed by atoms with Crippen molar-refractivity contribution in [2.45, 2.75) is 45.6 Å². The molecule has 3 heteroatoms. The smallest absolute Gasteiger partial charge is 0.129 e. The van der Waals surface area contributed by atoms with Crippen molar-refractivity contribution in [3.63, 3.8) is 0 Å². The van der Waals surface area contributed by atoms with E-state index in [1.54, 1.807) is 6.20 Å². The van der Waals surface area contributed by atoms with Crippen LogP contribution < -0.4 is 5.73 Å². The molecule has 3 nitrogen and oxygen atoms in total. The largest absolute Gasteiger partial charge is 0.385 e. The quantitative estimate of drug-likeness (QED) is 0.785. The maximum atomic E-state index is 11.0. The van der Waals surface area contributed by atoms with E-state index in [4.69, 9.17) is 5.73 Å². The summed E-state index contributed by atoms with van der Waals surface area (Å²) >= 11 is 0. The molecular formula is C14H22N2O. The number of hydrogen-bond donors (Lipinski definition) is 2. The number of anilines is 1. The molecule has 1 aromatic heterocycles. The molecular weight excluding hydrogens is 212 g/mol. The van der Waals surface area contributed by atoms with Crippen LogP contribution in [0.2, 0.25) is 0 Å². The zero-order valence-corrected chi connectivity index (χ0v) is 10.9.